The lowest BCUT2D eigenvalue weighted by atomic mass is 10.1. The lowest BCUT2D eigenvalue weighted by Gasteiger charge is -2.13. The Bertz CT molecular complexity index is 1040. The van der Waals surface area contributed by atoms with Gasteiger partial charge in [0, 0.05) is 30.1 Å². The number of nitrogens with zero attached hydrogens (tertiary/aromatic N) is 2. The molecule has 142 valence electrons. The molecule has 0 spiro atoms. The number of rotatable bonds is 6. The zero-order chi connectivity index (χ0) is 19.5. The molecule has 0 atom stereocenters. The molecule has 0 saturated carbocycles. The van der Waals surface area contributed by atoms with Crippen LogP contribution in [0.4, 0.5) is 23.1 Å². The maximum absolute atomic E-state index is 11.5. The number of carbonyl (C=O) groups excluding carboxylic acids is 1. The van der Waals surface area contributed by atoms with Crippen molar-refractivity contribution >= 4 is 44.9 Å². The molecule has 0 bridgehead atoms. The average molecular weight is 441 g/mol. The highest BCUT2D eigenvalue weighted by Crippen LogP contribution is 2.35. The smallest absolute Gasteiger partial charge is 0.231 e. The Balaban J connectivity index is 1.57. The molecule has 2 heterocycles. The minimum absolute atomic E-state index is 0.0983. The Hall–Kier alpha value is -3.13. The van der Waals surface area contributed by atoms with Gasteiger partial charge in [0.15, 0.2) is 11.5 Å². The van der Waals surface area contributed by atoms with Gasteiger partial charge in [-0.1, -0.05) is 18.2 Å². The van der Waals surface area contributed by atoms with Gasteiger partial charge in [0.25, 0.3) is 0 Å². The molecule has 0 fully saturated rings. The number of nitrogens with one attached hydrogen (secondary N) is 2. The van der Waals surface area contributed by atoms with E-state index >= 15 is 0 Å². The number of carbonyl (C=O) groups is 1. The van der Waals surface area contributed by atoms with Crippen molar-refractivity contribution in [1.82, 2.24) is 9.97 Å². The van der Waals surface area contributed by atoms with Crippen molar-refractivity contribution in [3.63, 3.8) is 0 Å². The van der Waals surface area contributed by atoms with E-state index in [1.807, 2.05) is 42.5 Å². The van der Waals surface area contributed by atoms with E-state index in [0.717, 1.165) is 16.9 Å². The number of anilines is 4. The van der Waals surface area contributed by atoms with Crippen molar-refractivity contribution in [2.24, 2.45) is 0 Å². The number of fused-ring (bicyclic) bond motifs is 1. The van der Waals surface area contributed by atoms with E-state index in [2.05, 4.69) is 36.5 Å². The van der Waals surface area contributed by atoms with Crippen LogP contribution in [-0.4, -0.2) is 22.5 Å². The number of aromatic nitrogens is 2. The molecule has 1 aliphatic rings. The highest BCUT2D eigenvalue weighted by molar-refractivity contribution is 9.10. The Morgan fingerprint density at radius 3 is 2.82 bits per heavy atom. The molecule has 3 aromatic rings. The summed E-state index contributed by atoms with van der Waals surface area (Å²) in [6.07, 6.45) is 2.02. The van der Waals surface area contributed by atoms with Crippen molar-refractivity contribution in [2.75, 3.05) is 17.4 Å². The first kappa shape index (κ1) is 18.2. The summed E-state index contributed by atoms with van der Waals surface area (Å²) in [5.41, 5.74) is 2.52. The highest BCUT2D eigenvalue weighted by Gasteiger charge is 2.14. The summed E-state index contributed by atoms with van der Waals surface area (Å²) in [6.45, 7) is 1.80. The van der Waals surface area contributed by atoms with Gasteiger partial charge in [-0.3, -0.25) is 4.79 Å². The third-order valence-electron chi connectivity index (χ3n) is 4.08. The fraction of sp³-hybridized carbons (Fsp3) is 0.150. The van der Waals surface area contributed by atoms with Crippen molar-refractivity contribution in [3.8, 4) is 11.5 Å². The van der Waals surface area contributed by atoms with Gasteiger partial charge < -0.3 is 20.1 Å². The summed E-state index contributed by atoms with van der Waals surface area (Å²) in [7, 11) is 0. The molecule has 0 amide bonds. The Kier molecular flexibility index (Phi) is 5.12. The number of ketones is 1. The molecule has 1 aromatic heterocycles. The molecule has 0 saturated heterocycles. The number of hydrogen-bond acceptors (Lipinski definition) is 7. The summed E-state index contributed by atoms with van der Waals surface area (Å²) in [5, 5.41) is 6.44. The van der Waals surface area contributed by atoms with Gasteiger partial charge in [0.2, 0.25) is 12.7 Å². The van der Waals surface area contributed by atoms with Crippen LogP contribution in [0.25, 0.3) is 0 Å². The molecule has 7 nitrogen and oxygen atoms in total. The van der Waals surface area contributed by atoms with Gasteiger partial charge >= 0.3 is 0 Å². The van der Waals surface area contributed by atoms with E-state index in [0.29, 0.717) is 34.2 Å². The van der Waals surface area contributed by atoms with E-state index in [1.54, 1.807) is 13.1 Å². The van der Waals surface area contributed by atoms with E-state index in [-0.39, 0.29) is 12.6 Å². The zero-order valence-corrected chi connectivity index (χ0v) is 16.6. The van der Waals surface area contributed by atoms with Crippen LogP contribution in [0, 0.1) is 0 Å². The van der Waals surface area contributed by atoms with Gasteiger partial charge in [-0.05, 0) is 46.6 Å². The number of hydrogen-bond donors (Lipinski definition) is 2. The largest absolute Gasteiger partial charge is 0.454 e. The van der Waals surface area contributed by atoms with Crippen molar-refractivity contribution < 1.29 is 14.3 Å². The molecule has 2 N–H and O–H groups in total. The second-order valence-corrected chi connectivity index (χ2v) is 7.10. The lowest BCUT2D eigenvalue weighted by Crippen LogP contribution is -2.05. The summed E-state index contributed by atoms with van der Waals surface area (Å²) >= 11 is 3.47. The second-order valence-electron chi connectivity index (χ2n) is 6.24. The average Bonchev–Trinajstić information content (AvgIpc) is 3.13. The summed E-state index contributed by atoms with van der Waals surface area (Å²) in [4.78, 5) is 20.4. The molecule has 0 aliphatic carbocycles. The molecule has 4 rings (SSSR count). The van der Waals surface area contributed by atoms with Crippen LogP contribution in [0.2, 0.25) is 0 Å². The molecule has 0 radical (unpaired) electrons. The van der Waals surface area contributed by atoms with E-state index in [1.165, 1.54) is 0 Å². The van der Waals surface area contributed by atoms with Crippen molar-refractivity contribution in [3.05, 3.63) is 58.7 Å². The van der Waals surface area contributed by atoms with Crippen LogP contribution in [-0.2, 0) is 11.2 Å². The topological polar surface area (TPSA) is 85.4 Å². The Labute approximate surface area is 170 Å². The number of para-hydroxylation sites is 1. The van der Waals surface area contributed by atoms with Gasteiger partial charge in [-0.25, -0.2) is 4.98 Å². The molecule has 28 heavy (non-hydrogen) atoms. The van der Waals surface area contributed by atoms with Gasteiger partial charge in [0.1, 0.15) is 11.6 Å². The first-order chi connectivity index (χ1) is 13.6. The molecular formula is C20H17BrN4O3. The zero-order valence-electron chi connectivity index (χ0n) is 15.0. The van der Waals surface area contributed by atoms with Gasteiger partial charge in [-0.2, -0.15) is 4.98 Å². The minimum Gasteiger partial charge on any atom is -0.454 e. The quantitative estimate of drug-likeness (QED) is 0.579. The monoisotopic (exact) mass is 440 g/mol. The third kappa shape index (κ3) is 4.07. The van der Waals surface area contributed by atoms with Crippen LogP contribution in [0.5, 0.6) is 11.5 Å². The fourth-order valence-corrected chi connectivity index (χ4v) is 3.10. The van der Waals surface area contributed by atoms with E-state index in [4.69, 9.17) is 9.47 Å². The SMILES string of the molecule is CC(=O)Cc1ccccc1Nc1nc(Nc2ccc3c(c2)OCO3)ncc1Br. The van der Waals surface area contributed by atoms with Crippen molar-refractivity contribution in [2.45, 2.75) is 13.3 Å². The normalized spacial score (nSPS) is 11.9. The first-order valence-corrected chi connectivity index (χ1v) is 9.41. The minimum atomic E-state index is 0.0983. The number of Topliss-reactive ketones (excluding diaryl/α,β-unsaturated/α-hetero) is 1. The first-order valence-electron chi connectivity index (χ1n) is 8.62. The van der Waals surface area contributed by atoms with E-state index in [9.17, 15) is 4.79 Å². The summed E-state index contributed by atoms with van der Waals surface area (Å²) in [5.74, 6) is 2.51. The highest BCUT2D eigenvalue weighted by atomic mass is 79.9. The van der Waals surface area contributed by atoms with E-state index < -0.39 is 0 Å². The lowest BCUT2D eigenvalue weighted by molar-refractivity contribution is -0.116. The van der Waals surface area contributed by atoms with Crippen LogP contribution in [0.3, 0.4) is 0 Å². The number of ether oxygens (including phenoxy) is 2. The maximum atomic E-state index is 11.5. The number of halogens is 1. The molecular weight excluding hydrogens is 424 g/mol. The second kappa shape index (κ2) is 7.85. The molecule has 1 aliphatic heterocycles. The van der Waals surface area contributed by atoms with Crippen LogP contribution in [0.1, 0.15) is 12.5 Å². The molecule has 2 aromatic carbocycles. The maximum Gasteiger partial charge on any atom is 0.231 e. The number of benzene rings is 2. The molecule has 8 heteroatoms. The van der Waals surface area contributed by atoms with Gasteiger partial charge in [0.05, 0.1) is 4.47 Å². The van der Waals surface area contributed by atoms with Crippen LogP contribution in [0.15, 0.2) is 53.1 Å². The summed E-state index contributed by atoms with van der Waals surface area (Å²) in [6, 6.07) is 13.2. The standard InChI is InChI=1S/C20H17BrN4O3/c1-12(26)8-13-4-2-3-5-16(13)24-19-15(21)10-22-20(25-19)23-14-6-7-17-18(9-14)28-11-27-17/h2-7,9-10H,8,11H2,1H3,(H2,22,23,24,25). The van der Waals surface area contributed by atoms with Crippen LogP contribution < -0.4 is 20.1 Å². The van der Waals surface area contributed by atoms with Crippen molar-refractivity contribution in [1.29, 1.82) is 0 Å². The Morgan fingerprint density at radius 2 is 1.96 bits per heavy atom. The summed E-state index contributed by atoms with van der Waals surface area (Å²) < 4.78 is 11.4. The Morgan fingerprint density at radius 1 is 1.14 bits per heavy atom. The predicted octanol–water partition coefficient (Wildman–Crippen LogP) is 4.59. The van der Waals surface area contributed by atoms with Gasteiger partial charge in [-0.15, -0.1) is 0 Å². The third-order valence-corrected chi connectivity index (χ3v) is 4.66. The predicted molar refractivity (Wildman–Crippen MR) is 110 cm³/mol. The van der Waals surface area contributed by atoms with Crippen LogP contribution >= 0.6 is 15.9 Å². The fourth-order valence-electron chi connectivity index (χ4n) is 2.81. The molecule has 0 unspecified atom stereocenters.